The first-order valence-electron chi connectivity index (χ1n) is 6.57. The van der Waals surface area contributed by atoms with E-state index in [4.69, 9.17) is 0 Å². The third kappa shape index (κ3) is 2.32. The van der Waals surface area contributed by atoms with Crippen LogP contribution in [0, 0.1) is 2.88 Å². The molecule has 20 heavy (non-hydrogen) atoms. The monoisotopic (exact) mass is 461 g/mol. The number of hydrogen-bond donors (Lipinski definition) is 1. The summed E-state index contributed by atoms with van der Waals surface area (Å²) >= 11 is 4.41. The van der Waals surface area contributed by atoms with Crippen LogP contribution < -0.4 is 5.32 Å². The van der Waals surface area contributed by atoms with Gasteiger partial charge in [0.1, 0.15) is 0 Å². The zero-order chi connectivity index (χ0) is 13.5. The van der Waals surface area contributed by atoms with Crippen LogP contribution in [0.4, 0.5) is 17.1 Å². The van der Waals surface area contributed by atoms with Crippen molar-refractivity contribution in [3.8, 4) is 0 Å². The standard InChI is InChI=1S/C14H12IN3SSe/c15-13-7-8-9(3-2-6-12(8)19-13)16-10-4-1-5-11-14(10)18-20-17-11/h1,4-5,7,9,16H,2-3,6H2. The maximum absolute atomic E-state index is 4.56. The summed E-state index contributed by atoms with van der Waals surface area (Å²) in [5.74, 6) is 0. The molecule has 1 aromatic heterocycles. The van der Waals surface area contributed by atoms with Gasteiger partial charge in [0.05, 0.1) is 0 Å². The van der Waals surface area contributed by atoms with Crippen molar-refractivity contribution in [3.63, 3.8) is 0 Å². The van der Waals surface area contributed by atoms with Crippen molar-refractivity contribution in [1.29, 1.82) is 0 Å². The summed E-state index contributed by atoms with van der Waals surface area (Å²) in [5.41, 5.74) is 4.74. The molecule has 0 amide bonds. The second kappa shape index (κ2) is 5.40. The van der Waals surface area contributed by atoms with Crippen molar-refractivity contribution in [2.75, 3.05) is 5.32 Å². The van der Waals surface area contributed by atoms with Gasteiger partial charge in [0.25, 0.3) is 0 Å². The van der Waals surface area contributed by atoms with Crippen LogP contribution in [0.1, 0.15) is 29.3 Å². The summed E-state index contributed by atoms with van der Waals surface area (Å²) < 4.78 is 10.4. The molecule has 6 heteroatoms. The summed E-state index contributed by atoms with van der Waals surface area (Å²) in [4.78, 5) is 1.55. The normalized spacial score (nSPS) is 19.4. The number of hydrogen-bond acceptors (Lipinski definition) is 4. The molecule has 0 spiro atoms. The van der Waals surface area contributed by atoms with E-state index in [-0.39, 0.29) is 14.6 Å². The van der Waals surface area contributed by atoms with Crippen molar-refractivity contribution in [1.82, 2.24) is 0 Å². The van der Waals surface area contributed by atoms with E-state index in [2.05, 4.69) is 60.1 Å². The number of thiophene rings is 1. The summed E-state index contributed by atoms with van der Waals surface area (Å²) in [6.45, 7) is 0. The molecule has 0 fully saturated rings. The molecule has 0 bridgehead atoms. The molecule has 0 saturated carbocycles. The minimum atomic E-state index is 0.0373. The van der Waals surface area contributed by atoms with Gasteiger partial charge in [-0.1, -0.05) is 0 Å². The molecule has 3 nitrogen and oxygen atoms in total. The van der Waals surface area contributed by atoms with Crippen LogP contribution in [0.2, 0.25) is 0 Å². The number of rotatable bonds is 2. The van der Waals surface area contributed by atoms with Gasteiger partial charge < -0.3 is 0 Å². The molecule has 102 valence electrons. The zero-order valence-electron chi connectivity index (χ0n) is 10.6. The molecule has 1 unspecified atom stereocenters. The van der Waals surface area contributed by atoms with Crippen LogP contribution >= 0.6 is 33.9 Å². The van der Waals surface area contributed by atoms with Gasteiger partial charge in [0.15, 0.2) is 0 Å². The van der Waals surface area contributed by atoms with Gasteiger partial charge in [-0.2, -0.15) is 0 Å². The van der Waals surface area contributed by atoms with Crippen LogP contribution in [0.15, 0.2) is 32.2 Å². The van der Waals surface area contributed by atoms with E-state index in [1.165, 1.54) is 27.7 Å². The Hall–Kier alpha value is -0.431. The topological polar surface area (TPSA) is 36.8 Å². The molecule has 1 atom stereocenters. The summed E-state index contributed by atoms with van der Waals surface area (Å²) in [6.07, 6.45) is 3.70. The van der Waals surface area contributed by atoms with Crippen molar-refractivity contribution in [2.45, 2.75) is 25.3 Å². The number of benzene rings is 1. The minimum absolute atomic E-state index is 0.0373. The SMILES string of the molecule is Ic1cc2c(s1)CCCC2Nc1cccc2c1N=[Se]=N2. The Bertz CT molecular complexity index is 749. The number of anilines is 1. The molecule has 0 saturated heterocycles. The Labute approximate surface area is 141 Å². The Kier molecular flexibility index (Phi) is 3.58. The van der Waals surface area contributed by atoms with Gasteiger partial charge >= 0.3 is 142 Å². The number of fused-ring (bicyclic) bond motifs is 2. The quantitative estimate of drug-likeness (QED) is 0.415. The van der Waals surface area contributed by atoms with Crippen molar-refractivity contribution in [3.05, 3.63) is 37.6 Å². The van der Waals surface area contributed by atoms with Gasteiger partial charge in [-0.3, -0.25) is 0 Å². The van der Waals surface area contributed by atoms with Gasteiger partial charge in [-0.25, -0.2) is 0 Å². The number of halogens is 1. The summed E-state index contributed by atoms with van der Waals surface area (Å²) in [6, 6.07) is 9.02. The van der Waals surface area contributed by atoms with Gasteiger partial charge in [0, 0.05) is 0 Å². The first-order valence-corrected chi connectivity index (χ1v) is 10.00. The predicted octanol–water partition coefficient (Wildman–Crippen LogP) is 5.19. The third-order valence-corrected chi connectivity index (χ3v) is 6.81. The number of aryl methyl sites for hydroxylation is 1. The molecule has 1 aromatic carbocycles. The molecule has 1 aliphatic heterocycles. The second-order valence-electron chi connectivity index (χ2n) is 4.96. The van der Waals surface area contributed by atoms with E-state index in [9.17, 15) is 0 Å². The van der Waals surface area contributed by atoms with E-state index in [1.54, 1.807) is 4.88 Å². The van der Waals surface area contributed by atoms with Crippen LogP contribution in [0.25, 0.3) is 0 Å². The summed E-state index contributed by atoms with van der Waals surface area (Å²) in [7, 11) is 0. The van der Waals surface area contributed by atoms with Crippen molar-refractivity contribution in [2.24, 2.45) is 7.92 Å². The third-order valence-electron chi connectivity index (χ3n) is 3.70. The Morgan fingerprint density at radius 1 is 1.35 bits per heavy atom. The molecule has 2 aromatic rings. The first kappa shape index (κ1) is 13.2. The van der Waals surface area contributed by atoms with Crippen LogP contribution in [0.5, 0.6) is 0 Å². The Morgan fingerprint density at radius 3 is 3.25 bits per heavy atom. The van der Waals surface area contributed by atoms with E-state index in [1.807, 2.05) is 11.3 Å². The van der Waals surface area contributed by atoms with E-state index < -0.39 is 0 Å². The molecule has 2 heterocycles. The van der Waals surface area contributed by atoms with Crippen molar-refractivity contribution < 1.29 is 0 Å². The first-order chi connectivity index (χ1) is 9.81. The molecule has 4 rings (SSSR count). The van der Waals surface area contributed by atoms with E-state index in [0.717, 1.165) is 17.1 Å². The fourth-order valence-electron chi connectivity index (χ4n) is 2.78. The van der Waals surface area contributed by atoms with Crippen LogP contribution in [0.3, 0.4) is 0 Å². The van der Waals surface area contributed by atoms with E-state index >= 15 is 0 Å². The fraction of sp³-hybridized carbons (Fsp3) is 0.286. The second-order valence-corrected chi connectivity index (χ2v) is 9.10. The summed E-state index contributed by atoms with van der Waals surface area (Å²) in [5, 5.41) is 3.71. The van der Waals surface area contributed by atoms with Crippen LogP contribution in [-0.2, 0) is 6.42 Å². The predicted molar refractivity (Wildman–Crippen MR) is 92.7 cm³/mol. The molecule has 0 radical (unpaired) electrons. The average Bonchev–Trinajstić information content (AvgIpc) is 3.05. The fourth-order valence-corrected chi connectivity index (χ4v) is 6.05. The van der Waals surface area contributed by atoms with Gasteiger partial charge in [-0.15, -0.1) is 0 Å². The Balaban J connectivity index is 1.68. The zero-order valence-corrected chi connectivity index (χ0v) is 15.3. The molecule has 1 N–H and O–H groups in total. The molecular weight excluding hydrogens is 448 g/mol. The van der Waals surface area contributed by atoms with Crippen LogP contribution in [-0.4, -0.2) is 14.6 Å². The van der Waals surface area contributed by atoms with Gasteiger partial charge in [0.2, 0.25) is 0 Å². The van der Waals surface area contributed by atoms with Crippen molar-refractivity contribution >= 4 is 65.6 Å². The van der Waals surface area contributed by atoms with E-state index in [0.29, 0.717) is 6.04 Å². The maximum atomic E-state index is 4.56. The molecule has 2 aliphatic rings. The molecular formula is C14H12IN3SSe. The Morgan fingerprint density at radius 2 is 2.30 bits per heavy atom. The molecule has 1 aliphatic carbocycles. The van der Waals surface area contributed by atoms with Gasteiger partial charge in [-0.05, 0) is 0 Å². The average molecular weight is 460 g/mol. The number of nitrogens with zero attached hydrogens (tertiary/aromatic N) is 2. The number of nitrogens with one attached hydrogen (secondary N) is 1.